The molecule has 25 heavy (non-hydrogen) atoms. The maximum absolute atomic E-state index is 13.2. The topological polar surface area (TPSA) is 72.7 Å². The van der Waals surface area contributed by atoms with E-state index in [0.717, 1.165) is 12.8 Å². The molecule has 0 bridgehead atoms. The fourth-order valence-corrected chi connectivity index (χ4v) is 3.01. The molecule has 0 aliphatic heterocycles. The predicted molar refractivity (Wildman–Crippen MR) is 95.1 cm³/mol. The molecule has 2 aromatic carbocycles. The SMILES string of the molecule is COc1ccc(N(C(=O)c2ccccc2[N+](=O)[O-])[C@@H](C)C2CC2)cc1. The molecule has 2 aromatic rings. The quantitative estimate of drug-likeness (QED) is 0.587. The fraction of sp³-hybridized carbons (Fsp3) is 0.316. The molecule has 0 N–H and O–H groups in total. The minimum absolute atomic E-state index is 0.0271. The number of anilines is 1. The second kappa shape index (κ2) is 6.93. The highest BCUT2D eigenvalue weighted by Gasteiger charge is 2.37. The third-order valence-corrected chi connectivity index (χ3v) is 4.61. The van der Waals surface area contributed by atoms with Crippen LogP contribution in [-0.2, 0) is 0 Å². The van der Waals surface area contributed by atoms with Crippen molar-refractivity contribution in [2.75, 3.05) is 12.0 Å². The Morgan fingerprint density at radius 3 is 2.40 bits per heavy atom. The van der Waals surface area contributed by atoms with Crippen LogP contribution in [0.4, 0.5) is 11.4 Å². The number of rotatable bonds is 6. The number of ether oxygens (including phenoxy) is 1. The van der Waals surface area contributed by atoms with Crippen LogP contribution in [-0.4, -0.2) is 24.0 Å². The molecule has 1 aliphatic rings. The van der Waals surface area contributed by atoms with Crippen LogP contribution < -0.4 is 9.64 Å². The number of nitrogens with zero attached hydrogens (tertiary/aromatic N) is 2. The molecule has 0 aromatic heterocycles. The molecule has 0 radical (unpaired) electrons. The average Bonchev–Trinajstić information content (AvgIpc) is 3.47. The summed E-state index contributed by atoms with van der Waals surface area (Å²) in [5.41, 5.74) is 0.646. The Morgan fingerprint density at radius 1 is 1.20 bits per heavy atom. The van der Waals surface area contributed by atoms with Gasteiger partial charge in [-0.2, -0.15) is 0 Å². The number of para-hydroxylation sites is 1. The lowest BCUT2D eigenvalue weighted by Gasteiger charge is -2.29. The summed E-state index contributed by atoms with van der Waals surface area (Å²) in [7, 11) is 1.58. The highest BCUT2D eigenvalue weighted by Crippen LogP contribution is 2.38. The van der Waals surface area contributed by atoms with E-state index in [1.54, 1.807) is 36.3 Å². The minimum atomic E-state index is -0.513. The van der Waals surface area contributed by atoms with Crippen molar-refractivity contribution in [3.8, 4) is 5.75 Å². The minimum Gasteiger partial charge on any atom is -0.497 e. The van der Waals surface area contributed by atoms with E-state index in [0.29, 0.717) is 17.4 Å². The Kier molecular flexibility index (Phi) is 4.70. The zero-order chi connectivity index (χ0) is 18.0. The van der Waals surface area contributed by atoms with Gasteiger partial charge in [-0.15, -0.1) is 0 Å². The van der Waals surface area contributed by atoms with Crippen molar-refractivity contribution >= 4 is 17.3 Å². The van der Waals surface area contributed by atoms with Gasteiger partial charge in [0.25, 0.3) is 11.6 Å². The van der Waals surface area contributed by atoms with E-state index >= 15 is 0 Å². The molecular formula is C19H20N2O4. The van der Waals surface area contributed by atoms with Crippen molar-refractivity contribution in [1.82, 2.24) is 0 Å². The molecule has 1 aliphatic carbocycles. The Bertz CT molecular complexity index is 784. The number of nitro groups is 1. The van der Waals surface area contributed by atoms with Crippen molar-refractivity contribution in [3.63, 3.8) is 0 Å². The second-order valence-electron chi connectivity index (χ2n) is 6.23. The highest BCUT2D eigenvalue weighted by molar-refractivity contribution is 6.09. The van der Waals surface area contributed by atoms with Gasteiger partial charge in [0, 0.05) is 17.8 Å². The van der Waals surface area contributed by atoms with Gasteiger partial charge in [0.2, 0.25) is 0 Å². The third-order valence-electron chi connectivity index (χ3n) is 4.61. The van der Waals surface area contributed by atoms with E-state index in [1.807, 2.05) is 19.1 Å². The summed E-state index contributed by atoms with van der Waals surface area (Å²) in [5, 5.41) is 11.3. The summed E-state index contributed by atoms with van der Waals surface area (Å²) in [6, 6.07) is 13.3. The van der Waals surface area contributed by atoms with E-state index in [2.05, 4.69) is 0 Å². The van der Waals surface area contributed by atoms with Gasteiger partial charge in [0.15, 0.2) is 0 Å². The van der Waals surface area contributed by atoms with Gasteiger partial charge in [0.05, 0.1) is 12.0 Å². The van der Waals surface area contributed by atoms with E-state index < -0.39 is 4.92 Å². The molecule has 1 atom stereocenters. The summed E-state index contributed by atoms with van der Waals surface area (Å²) in [5.74, 6) is 0.770. The molecule has 0 unspecified atom stereocenters. The Labute approximate surface area is 146 Å². The number of carbonyl (C=O) groups excluding carboxylic acids is 1. The van der Waals surface area contributed by atoms with Crippen LogP contribution in [0.25, 0.3) is 0 Å². The largest absolute Gasteiger partial charge is 0.497 e. The fourth-order valence-electron chi connectivity index (χ4n) is 3.01. The summed E-state index contributed by atoms with van der Waals surface area (Å²) < 4.78 is 5.17. The smallest absolute Gasteiger partial charge is 0.282 e. The van der Waals surface area contributed by atoms with Crippen LogP contribution in [0, 0.1) is 16.0 Å². The molecule has 0 saturated heterocycles. The predicted octanol–water partition coefficient (Wildman–Crippen LogP) is 4.05. The van der Waals surface area contributed by atoms with Gasteiger partial charge < -0.3 is 9.64 Å². The number of nitro benzene ring substituents is 1. The number of benzene rings is 2. The van der Waals surface area contributed by atoms with Gasteiger partial charge in [-0.25, -0.2) is 0 Å². The number of methoxy groups -OCH3 is 1. The lowest BCUT2D eigenvalue weighted by Crippen LogP contribution is -2.40. The number of hydrogen-bond acceptors (Lipinski definition) is 4. The maximum atomic E-state index is 13.2. The van der Waals surface area contributed by atoms with E-state index in [1.165, 1.54) is 12.1 Å². The molecule has 6 heteroatoms. The maximum Gasteiger partial charge on any atom is 0.282 e. The lowest BCUT2D eigenvalue weighted by molar-refractivity contribution is -0.385. The van der Waals surface area contributed by atoms with Gasteiger partial charge in [0.1, 0.15) is 11.3 Å². The highest BCUT2D eigenvalue weighted by atomic mass is 16.6. The summed E-state index contributed by atoms with van der Waals surface area (Å²) in [4.78, 5) is 25.6. The molecule has 130 valence electrons. The van der Waals surface area contributed by atoms with Crippen LogP contribution in [0.3, 0.4) is 0 Å². The number of carbonyl (C=O) groups is 1. The van der Waals surface area contributed by atoms with Gasteiger partial charge in [-0.3, -0.25) is 14.9 Å². The first kappa shape index (κ1) is 17.0. The first-order valence-corrected chi connectivity index (χ1v) is 8.24. The van der Waals surface area contributed by atoms with Crippen LogP contribution in [0.5, 0.6) is 5.75 Å². The molecular weight excluding hydrogens is 320 g/mol. The summed E-state index contributed by atoms with van der Waals surface area (Å²) in [6.45, 7) is 1.99. The molecule has 0 spiro atoms. The van der Waals surface area contributed by atoms with Crippen molar-refractivity contribution < 1.29 is 14.5 Å². The molecule has 1 amide bonds. The zero-order valence-electron chi connectivity index (χ0n) is 14.2. The molecule has 0 heterocycles. The normalized spacial score (nSPS) is 14.6. The van der Waals surface area contributed by atoms with E-state index in [-0.39, 0.29) is 23.2 Å². The van der Waals surface area contributed by atoms with Gasteiger partial charge in [-0.1, -0.05) is 12.1 Å². The van der Waals surface area contributed by atoms with Crippen molar-refractivity contribution in [2.45, 2.75) is 25.8 Å². The lowest BCUT2D eigenvalue weighted by atomic mass is 10.1. The number of hydrogen-bond donors (Lipinski definition) is 0. The van der Waals surface area contributed by atoms with Crippen LogP contribution in [0.2, 0.25) is 0 Å². The summed E-state index contributed by atoms with van der Waals surface area (Å²) in [6.07, 6.45) is 2.13. The Morgan fingerprint density at radius 2 is 1.84 bits per heavy atom. The summed E-state index contributed by atoms with van der Waals surface area (Å²) >= 11 is 0. The van der Waals surface area contributed by atoms with Crippen molar-refractivity contribution in [3.05, 3.63) is 64.2 Å². The van der Waals surface area contributed by atoms with Gasteiger partial charge >= 0.3 is 0 Å². The average molecular weight is 340 g/mol. The van der Waals surface area contributed by atoms with Crippen LogP contribution in [0.15, 0.2) is 48.5 Å². The third kappa shape index (κ3) is 3.47. The van der Waals surface area contributed by atoms with Crippen LogP contribution in [0.1, 0.15) is 30.1 Å². The Hall–Kier alpha value is -2.89. The molecule has 6 nitrogen and oxygen atoms in total. The standard InChI is InChI=1S/C19H20N2O4/c1-13(14-7-8-14)20(15-9-11-16(25-2)12-10-15)19(22)17-5-3-4-6-18(17)21(23)24/h3-6,9-14H,7-8H2,1-2H3/t13-/m0/s1. The van der Waals surface area contributed by atoms with E-state index in [9.17, 15) is 14.9 Å². The van der Waals surface area contributed by atoms with E-state index in [4.69, 9.17) is 4.74 Å². The first-order valence-electron chi connectivity index (χ1n) is 8.24. The second-order valence-corrected chi connectivity index (χ2v) is 6.23. The zero-order valence-corrected chi connectivity index (χ0v) is 14.2. The van der Waals surface area contributed by atoms with Crippen LogP contribution >= 0.6 is 0 Å². The first-order chi connectivity index (χ1) is 12.0. The number of amides is 1. The molecule has 1 saturated carbocycles. The van der Waals surface area contributed by atoms with Crippen molar-refractivity contribution in [2.24, 2.45) is 5.92 Å². The van der Waals surface area contributed by atoms with Crippen molar-refractivity contribution in [1.29, 1.82) is 0 Å². The molecule has 1 fully saturated rings. The van der Waals surface area contributed by atoms with Gasteiger partial charge in [-0.05, 0) is 56.0 Å². The molecule has 3 rings (SSSR count). The monoisotopic (exact) mass is 340 g/mol. The Balaban J connectivity index is 2.02.